The Morgan fingerprint density at radius 3 is 2.63 bits per heavy atom. The van der Waals surface area contributed by atoms with Crippen LogP contribution in [0, 0.1) is 0 Å². The van der Waals surface area contributed by atoms with E-state index in [-0.39, 0.29) is 0 Å². The van der Waals surface area contributed by atoms with Gasteiger partial charge in [-0.2, -0.15) is 0 Å². The molecule has 1 aromatic carbocycles. The van der Waals surface area contributed by atoms with Crippen molar-refractivity contribution in [3.8, 4) is 0 Å². The van der Waals surface area contributed by atoms with Gasteiger partial charge in [-0.25, -0.2) is 0 Å². The fourth-order valence-corrected chi connectivity index (χ4v) is 2.70. The molecule has 0 fully saturated rings. The summed E-state index contributed by atoms with van der Waals surface area (Å²) in [6.45, 7) is 0. The van der Waals surface area contributed by atoms with Crippen LogP contribution in [-0.4, -0.2) is 16.1 Å². The van der Waals surface area contributed by atoms with Crippen molar-refractivity contribution in [3.05, 3.63) is 62.8 Å². The summed E-state index contributed by atoms with van der Waals surface area (Å²) in [5.41, 5.74) is 1.67. The van der Waals surface area contributed by atoms with Gasteiger partial charge in [0.05, 0.1) is 5.92 Å². The predicted molar refractivity (Wildman–Crippen MR) is 80.2 cm³/mol. The molecule has 0 saturated heterocycles. The number of carbonyl (C=O) groups is 1. The summed E-state index contributed by atoms with van der Waals surface area (Å²) >= 11 is 6.70. The average Bonchev–Trinajstić information content (AvgIpc) is 2.35. The van der Waals surface area contributed by atoms with Crippen molar-refractivity contribution < 1.29 is 9.90 Å². The van der Waals surface area contributed by atoms with E-state index < -0.39 is 11.9 Å². The third kappa shape index (κ3) is 3.88. The predicted octanol–water partition coefficient (Wildman–Crippen LogP) is 4.02. The molecule has 0 radical (unpaired) electrons. The molecule has 2 rings (SSSR count). The molecule has 3 nitrogen and oxygen atoms in total. The Balaban J connectivity index is 2.29. The Kier molecular flexibility index (Phi) is 4.71. The lowest BCUT2D eigenvalue weighted by atomic mass is 9.93. The molecule has 0 amide bonds. The van der Waals surface area contributed by atoms with E-state index in [2.05, 4.69) is 36.8 Å². The van der Waals surface area contributed by atoms with Crippen molar-refractivity contribution in [2.24, 2.45) is 0 Å². The summed E-state index contributed by atoms with van der Waals surface area (Å²) < 4.78 is 1.73. The molecule has 1 atom stereocenters. The van der Waals surface area contributed by atoms with Gasteiger partial charge in [0.1, 0.15) is 0 Å². The van der Waals surface area contributed by atoms with Crippen LogP contribution >= 0.6 is 31.9 Å². The van der Waals surface area contributed by atoms with Gasteiger partial charge in [0.2, 0.25) is 0 Å². The maximum atomic E-state index is 11.5. The standard InChI is InChI=1S/C14H11Br2NO2/c15-11-3-1-2-10(6-11)13(14(18)19)5-9-4-12(16)8-17-7-9/h1-4,6-8,13H,5H2,(H,18,19). The zero-order valence-electron chi connectivity index (χ0n) is 9.88. The van der Waals surface area contributed by atoms with Gasteiger partial charge in [0, 0.05) is 21.3 Å². The number of hydrogen-bond donors (Lipinski definition) is 1. The lowest BCUT2D eigenvalue weighted by molar-refractivity contribution is -0.138. The molecular formula is C14H11Br2NO2. The van der Waals surface area contributed by atoms with Gasteiger partial charge in [-0.05, 0) is 51.7 Å². The summed E-state index contributed by atoms with van der Waals surface area (Å²) in [7, 11) is 0. The van der Waals surface area contributed by atoms with E-state index in [1.807, 2.05) is 30.3 Å². The zero-order valence-corrected chi connectivity index (χ0v) is 13.1. The first-order valence-electron chi connectivity index (χ1n) is 5.64. The Hall–Kier alpha value is -1.20. The van der Waals surface area contributed by atoms with Crippen LogP contribution in [0.2, 0.25) is 0 Å². The molecule has 0 spiro atoms. The van der Waals surface area contributed by atoms with Crippen molar-refractivity contribution in [2.75, 3.05) is 0 Å². The van der Waals surface area contributed by atoms with Gasteiger partial charge in [-0.15, -0.1) is 0 Å². The molecule has 2 aromatic rings. The number of aromatic nitrogens is 1. The molecule has 0 saturated carbocycles. The quantitative estimate of drug-likeness (QED) is 0.866. The van der Waals surface area contributed by atoms with E-state index in [9.17, 15) is 9.90 Å². The molecule has 5 heteroatoms. The van der Waals surface area contributed by atoms with Crippen LogP contribution in [-0.2, 0) is 11.2 Å². The Morgan fingerprint density at radius 1 is 1.21 bits per heavy atom. The minimum absolute atomic E-state index is 0.415. The molecule has 1 N–H and O–H groups in total. The monoisotopic (exact) mass is 383 g/mol. The average molecular weight is 385 g/mol. The van der Waals surface area contributed by atoms with Crippen LogP contribution in [0.4, 0.5) is 0 Å². The SMILES string of the molecule is O=C(O)C(Cc1cncc(Br)c1)c1cccc(Br)c1. The van der Waals surface area contributed by atoms with Crippen molar-refractivity contribution >= 4 is 37.8 Å². The highest BCUT2D eigenvalue weighted by Crippen LogP contribution is 2.24. The Bertz CT molecular complexity index is 602. The van der Waals surface area contributed by atoms with Gasteiger partial charge >= 0.3 is 5.97 Å². The summed E-state index contributed by atoms with van der Waals surface area (Å²) in [5, 5.41) is 9.40. The smallest absolute Gasteiger partial charge is 0.311 e. The highest BCUT2D eigenvalue weighted by atomic mass is 79.9. The van der Waals surface area contributed by atoms with E-state index in [0.717, 1.165) is 20.1 Å². The van der Waals surface area contributed by atoms with E-state index in [1.165, 1.54) is 0 Å². The molecule has 0 aliphatic carbocycles. The van der Waals surface area contributed by atoms with Crippen LogP contribution < -0.4 is 0 Å². The fourth-order valence-electron chi connectivity index (χ4n) is 1.87. The largest absolute Gasteiger partial charge is 0.481 e. The molecule has 0 aliphatic rings. The normalized spacial score (nSPS) is 12.1. The molecule has 98 valence electrons. The van der Waals surface area contributed by atoms with Gasteiger partial charge in [-0.1, -0.05) is 28.1 Å². The van der Waals surface area contributed by atoms with E-state index in [4.69, 9.17) is 0 Å². The second kappa shape index (κ2) is 6.30. The lowest BCUT2D eigenvalue weighted by Gasteiger charge is -2.13. The topological polar surface area (TPSA) is 50.2 Å². The van der Waals surface area contributed by atoms with Crippen LogP contribution in [0.3, 0.4) is 0 Å². The minimum atomic E-state index is -0.835. The van der Waals surface area contributed by atoms with Crippen molar-refractivity contribution in [1.29, 1.82) is 0 Å². The zero-order chi connectivity index (χ0) is 13.8. The number of benzene rings is 1. The van der Waals surface area contributed by atoms with Gasteiger partial charge < -0.3 is 5.11 Å². The second-order valence-electron chi connectivity index (χ2n) is 4.16. The molecule has 0 aliphatic heterocycles. The molecular weight excluding hydrogens is 374 g/mol. The summed E-state index contributed by atoms with van der Waals surface area (Å²) in [6.07, 6.45) is 3.79. The number of carboxylic acid groups (broad SMARTS) is 1. The third-order valence-corrected chi connectivity index (χ3v) is 3.68. The van der Waals surface area contributed by atoms with E-state index in [0.29, 0.717) is 6.42 Å². The van der Waals surface area contributed by atoms with Gasteiger partial charge in [0.25, 0.3) is 0 Å². The molecule has 19 heavy (non-hydrogen) atoms. The Labute approximate surface area is 127 Å². The molecule has 1 heterocycles. The van der Waals surface area contributed by atoms with Crippen LogP contribution in [0.15, 0.2) is 51.7 Å². The molecule has 1 unspecified atom stereocenters. The van der Waals surface area contributed by atoms with Crippen LogP contribution in [0.5, 0.6) is 0 Å². The first kappa shape index (κ1) is 14.2. The third-order valence-electron chi connectivity index (χ3n) is 2.75. The fraction of sp³-hybridized carbons (Fsp3) is 0.143. The van der Waals surface area contributed by atoms with Crippen molar-refractivity contribution in [3.63, 3.8) is 0 Å². The van der Waals surface area contributed by atoms with Gasteiger partial charge in [-0.3, -0.25) is 9.78 Å². The number of carboxylic acids is 1. The maximum absolute atomic E-state index is 11.5. The number of hydrogen-bond acceptors (Lipinski definition) is 2. The summed E-state index contributed by atoms with van der Waals surface area (Å²) in [6, 6.07) is 9.28. The van der Waals surface area contributed by atoms with E-state index in [1.54, 1.807) is 12.4 Å². The highest BCUT2D eigenvalue weighted by Gasteiger charge is 2.20. The minimum Gasteiger partial charge on any atom is -0.481 e. The summed E-state index contributed by atoms with van der Waals surface area (Å²) in [5.74, 6) is -1.41. The second-order valence-corrected chi connectivity index (χ2v) is 5.99. The number of nitrogens with zero attached hydrogens (tertiary/aromatic N) is 1. The highest BCUT2D eigenvalue weighted by molar-refractivity contribution is 9.10. The van der Waals surface area contributed by atoms with Crippen LogP contribution in [0.25, 0.3) is 0 Å². The van der Waals surface area contributed by atoms with Gasteiger partial charge in [0.15, 0.2) is 0 Å². The lowest BCUT2D eigenvalue weighted by Crippen LogP contribution is -2.14. The molecule has 1 aromatic heterocycles. The number of aliphatic carboxylic acids is 1. The van der Waals surface area contributed by atoms with Crippen LogP contribution in [0.1, 0.15) is 17.0 Å². The number of rotatable bonds is 4. The maximum Gasteiger partial charge on any atom is 0.311 e. The first-order valence-corrected chi connectivity index (χ1v) is 7.22. The Morgan fingerprint density at radius 2 is 2.00 bits per heavy atom. The number of pyridine rings is 1. The first-order chi connectivity index (χ1) is 9.06. The van der Waals surface area contributed by atoms with Crippen molar-refractivity contribution in [1.82, 2.24) is 4.98 Å². The molecule has 0 bridgehead atoms. The summed E-state index contributed by atoms with van der Waals surface area (Å²) in [4.78, 5) is 15.5. The van der Waals surface area contributed by atoms with E-state index >= 15 is 0 Å². The number of halogens is 2. The van der Waals surface area contributed by atoms with Crippen molar-refractivity contribution in [2.45, 2.75) is 12.3 Å².